The van der Waals surface area contributed by atoms with Crippen molar-refractivity contribution in [3.05, 3.63) is 59.4 Å². The van der Waals surface area contributed by atoms with Crippen molar-refractivity contribution >= 4 is 22.4 Å². The second-order valence-electron chi connectivity index (χ2n) is 9.13. The van der Waals surface area contributed by atoms with Gasteiger partial charge in [0, 0.05) is 47.8 Å². The minimum absolute atomic E-state index is 0.0874. The van der Waals surface area contributed by atoms with Gasteiger partial charge in [-0.05, 0) is 57.9 Å². The summed E-state index contributed by atoms with van der Waals surface area (Å²) in [6, 6.07) is 10.5. The number of carbonyl (C=O) groups excluding carboxylic acids is 1. The molecule has 0 atom stereocenters. The standard InChI is InChI=1S/C29H36N2O4/c1-5-34-28-22(4)29-25(26(19-35-29)23-9-7-20(2)8-10-23)18-24(28)21(3)17-27(32)30-11-6-12-31-13-15-33-16-14-31/h7-10,17-19H,5-6,11-16H2,1-4H3,(H,30,32)/b21-17+. The fraction of sp³-hybridized carbons (Fsp3) is 0.414. The molecule has 0 aliphatic carbocycles. The van der Waals surface area contributed by atoms with Crippen molar-refractivity contribution < 1.29 is 18.7 Å². The summed E-state index contributed by atoms with van der Waals surface area (Å²) in [5.41, 5.74) is 6.88. The second kappa shape index (κ2) is 11.6. The van der Waals surface area contributed by atoms with Gasteiger partial charge in [-0.15, -0.1) is 0 Å². The average Bonchev–Trinajstić information content (AvgIpc) is 3.29. The molecule has 0 saturated carbocycles. The zero-order valence-electron chi connectivity index (χ0n) is 21.3. The molecule has 35 heavy (non-hydrogen) atoms. The van der Waals surface area contributed by atoms with E-state index in [0.29, 0.717) is 13.2 Å². The lowest BCUT2D eigenvalue weighted by molar-refractivity contribution is -0.116. The Kier molecular flexibility index (Phi) is 8.26. The number of allylic oxidation sites excluding steroid dienone is 1. The van der Waals surface area contributed by atoms with Gasteiger partial charge in [0.15, 0.2) is 0 Å². The number of amides is 1. The van der Waals surface area contributed by atoms with Gasteiger partial charge in [-0.3, -0.25) is 9.69 Å². The Morgan fingerprint density at radius 2 is 1.91 bits per heavy atom. The van der Waals surface area contributed by atoms with E-state index >= 15 is 0 Å². The van der Waals surface area contributed by atoms with E-state index < -0.39 is 0 Å². The van der Waals surface area contributed by atoms with E-state index in [9.17, 15) is 4.79 Å². The molecule has 2 aromatic carbocycles. The Bertz CT molecular complexity index is 1190. The van der Waals surface area contributed by atoms with Gasteiger partial charge in [0.25, 0.3) is 0 Å². The van der Waals surface area contributed by atoms with Crippen molar-refractivity contribution in [2.45, 2.75) is 34.1 Å². The van der Waals surface area contributed by atoms with Crippen LogP contribution < -0.4 is 10.1 Å². The number of nitrogens with one attached hydrogen (secondary N) is 1. The predicted octanol–water partition coefficient (Wildman–Crippen LogP) is 5.36. The Morgan fingerprint density at radius 3 is 2.63 bits per heavy atom. The van der Waals surface area contributed by atoms with Gasteiger partial charge in [-0.2, -0.15) is 0 Å². The summed E-state index contributed by atoms with van der Waals surface area (Å²) < 4.78 is 17.4. The monoisotopic (exact) mass is 476 g/mol. The van der Waals surface area contributed by atoms with Gasteiger partial charge in [0.1, 0.15) is 11.3 Å². The number of carbonyl (C=O) groups is 1. The lowest BCUT2D eigenvalue weighted by Gasteiger charge is -2.26. The second-order valence-corrected chi connectivity index (χ2v) is 9.13. The number of aryl methyl sites for hydroxylation is 2. The predicted molar refractivity (Wildman–Crippen MR) is 141 cm³/mol. The van der Waals surface area contributed by atoms with Gasteiger partial charge in [-0.25, -0.2) is 0 Å². The zero-order valence-corrected chi connectivity index (χ0v) is 21.3. The number of hydrogen-bond donors (Lipinski definition) is 1. The molecule has 0 radical (unpaired) electrons. The highest BCUT2D eigenvalue weighted by Crippen LogP contribution is 2.40. The first-order chi connectivity index (χ1) is 17.0. The van der Waals surface area contributed by atoms with Crippen molar-refractivity contribution in [2.24, 2.45) is 0 Å². The van der Waals surface area contributed by atoms with Crippen LogP contribution in [0.1, 0.15) is 37.0 Å². The third-order valence-electron chi connectivity index (χ3n) is 6.52. The maximum atomic E-state index is 12.7. The molecule has 1 fully saturated rings. The molecule has 0 bridgehead atoms. The summed E-state index contributed by atoms with van der Waals surface area (Å²) >= 11 is 0. The molecule has 1 saturated heterocycles. The Morgan fingerprint density at radius 1 is 1.17 bits per heavy atom. The molecule has 1 aromatic heterocycles. The summed E-state index contributed by atoms with van der Waals surface area (Å²) in [6.45, 7) is 13.7. The fourth-order valence-corrected chi connectivity index (χ4v) is 4.56. The third kappa shape index (κ3) is 5.95. The van der Waals surface area contributed by atoms with Crippen LogP contribution >= 0.6 is 0 Å². The topological polar surface area (TPSA) is 63.9 Å². The number of hydrogen-bond acceptors (Lipinski definition) is 5. The summed E-state index contributed by atoms with van der Waals surface area (Å²) in [7, 11) is 0. The van der Waals surface area contributed by atoms with Crippen LogP contribution in [0.3, 0.4) is 0 Å². The van der Waals surface area contributed by atoms with Crippen LogP contribution in [-0.2, 0) is 9.53 Å². The molecule has 1 amide bonds. The van der Waals surface area contributed by atoms with Crippen molar-refractivity contribution in [3.8, 4) is 16.9 Å². The maximum Gasteiger partial charge on any atom is 0.244 e. The highest BCUT2D eigenvalue weighted by Gasteiger charge is 2.19. The third-order valence-corrected chi connectivity index (χ3v) is 6.52. The molecule has 3 aromatic rings. The summed E-state index contributed by atoms with van der Waals surface area (Å²) in [5, 5.41) is 4.05. The molecule has 2 heterocycles. The van der Waals surface area contributed by atoms with Gasteiger partial charge >= 0.3 is 0 Å². The first-order valence-electron chi connectivity index (χ1n) is 12.5. The molecule has 186 valence electrons. The van der Waals surface area contributed by atoms with Crippen LogP contribution in [0.25, 0.3) is 27.7 Å². The van der Waals surface area contributed by atoms with E-state index in [1.807, 2.05) is 27.0 Å². The first-order valence-corrected chi connectivity index (χ1v) is 12.5. The number of rotatable bonds is 9. The van der Waals surface area contributed by atoms with E-state index in [2.05, 4.69) is 47.5 Å². The summed E-state index contributed by atoms with van der Waals surface area (Å²) in [5.74, 6) is 0.675. The van der Waals surface area contributed by atoms with E-state index in [1.165, 1.54) is 5.56 Å². The zero-order chi connectivity index (χ0) is 24.8. The SMILES string of the molecule is CCOc1c(/C(C)=C/C(=O)NCCCN2CCOCC2)cc2c(-c3ccc(C)cc3)coc2c1C. The van der Waals surface area contributed by atoms with Crippen LogP contribution in [0.2, 0.25) is 0 Å². The maximum absolute atomic E-state index is 12.7. The first kappa shape index (κ1) is 25.0. The molecule has 6 nitrogen and oxygen atoms in total. The number of benzene rings is 2. The normalized spacial score (nSPS) is 14.9. The quantitative estimate of drug-likeness (QED) is 0.333. The van der Waals surface area contributed by atoms with Crippen molar-refractivity contribution in [1.29, 1.82) is 0 Å². The summed E-state index contributed by atoms with van der Waals surface area (Å²) in [4.78, 5) is 15.1. The molecule has 0 spiro atoms. The lowest BCUT2D eigenvalue weighted by atomic mass is 9.96. The minimum atomic E-state index is -0.0874. The Labute approximate surface area is 207 Å². The molecule has 4 rings (SSSR count). The lowest BCUT2D eigenvalue weighted by Crippen LogP contribution is -2.38. The van der Waals surface area contributed by atoms with E-state index in [-0.39, 0.29) is 5.91 Å². The molecule has 6 heteroatoms. The molecular formula is C29H36N2O4. The van der Waals surface area contributed by atoms with Gasteiger partial charge in [-0.1, -0.05) is 29.8 Å². The van der Waals surface area contributed by atoms with Crippen LogP contribution in [0, 0.1) is 13.8 Å². The molecular weight excluding hydrogens is 440 g/mol. The van der Waals surface area contributed by atoms with Crippen LogP contribution in [0.15, 0.2) is 47.1 Å². The van der Waals surface area contributed by atoms with E-state index in [1.54, 1.807) is 6.08 Å². The van der Waals surface area contributed by atoms with Crippen molar-refractivity contribution in [3.63, 3.8) is 0 Å². The highest BCUT2D eigenvalue weighted by molar-refractivity contribution is 6.01. The number of nitrogens with zero attached hydrogens (tertiary/aromatic N) is 1. The van der Waals surface area contributed by atoms with Crippen LogP contribution in [-0.4, -0.2) is 56.8 Å². The average molecular weight is 477 g/mol. The van der Waals surface area contributed by atoms with Crippen molar-refractivity contribution in [2.75, 3.05) is 46.0 Å². The molecule has 1 aliphatic rings. The van der Waals surface area contributed by atoms with E-state index in [4.69, 9.17) is 13.9 Å². The number of fused-ring (bicyclic) bond motifs is 1. The van der Waals surface area contributed by atoms with Gasteiger partial charge in [0.05, 0.1) is 26.1 Å². The van der Waals surface area contributed by atoms with Crippen molar-refractivity contribution in [1.82, 2.24) is 10.2 Å². The fourth-order valence-electron chi connectivity index (χ4n) is 4.56. The number of ether oxygens (including phenoxy) is 2. The number of furan rings is 1. The smallest absolute Gasteiger partial charge is 0.244 e. The van der Waals surface area contributed by atoms with Gasteiger partial charge < -0.3 is 19.2 Å². The Balaban J connectivity index is 1.55. The molecule has 1 aliphatic heterocycles. The molecule has 1 N–H and O–H groups in total. The van der Waals surface area contributed by atoms with Gasteiger partial charge in [0.2, 0.25) is 5.91 Å². The summed E-state index contributed by atoms with van der Waals surface area (Å²) in [6.07, 6.45) is 4.40. The van der Waals surface area contributed by atoms with Crippen LogP contribution in [0.4, 0.5) is 0 Å². The van der Waals surface area contributed by atoms with E-state index in [0.717, 1.165) is 83.8 Å². The van der Waals surface area contributed by atoms with Crippen LogP contribution in [0.5, 0.6) is 5.75 Å². The number of morpholine rings is 1. The largest absolute Gasteiger partial charge is 0.493 e. The minimum Gasteiger partial charge on any atom is -0.493 e. The Hall–Kier alpha value is -3.09. The molecule has 0 unspecified atom stereocenters. The highest BCUT2D eigenvalue weighted by atomic mass is 16.5.